The Morgan fingerprint density at radius 3 is 2.63 bits per heavy atom. The van der Waals surface area contributed by atoms with Crippen molar-refractivity contribution >= 4 is 23.5 Å². The summed E-state index contributed by atoms with van der Waals surface area (Å²) in [6.45, 7) is 3.49. The van der Waals surface area contributed by atoms with Gasteiger partial charge in [0.25, 0.3) is 0 Å². The number of nitrogens with one attached hydrogen (secondary N) is 1. The standard InChI is InChI=1S/C14H18ClNO3/c1-3-12(14(18)19)16-13(17)9(2)7-10-5-4-6-11(15)8-10/h4-6,8-9,12H,3,7H2,1-2H3,(H,16,17)(H,18,19). The van der Waals surface area contributed by atoms with E-state index in [0.717, 1.165) is 5.56 Å². The molecule has 0 radical (unpaired) electrons. The average molecular weight is 284 g/mol. The highest BCUT2D eigenvalue weighted by atomic mass is 35.5. The van der Waals surface area contributed by atoms with Crippen LogP contribution in [0.2, 0.25) is 5.02 Å². The molecule has 1 amide bonds. The summed E-state index contributed by atoms with van der Waals surface area (Å²) in [6.07, 6.45) is 0.896. The van der Waals surface area contributed by atoms with Crippen LogP contribution in [0.3, 0.4) is 0 Å². The third-order valence-corrected chi connectivity index (χ3v) is 3.14. The first kappa shape index (κ1) is 15.5. The molecule has 0 aliphatic rings. The maximum absolute atomic E-state index is 11.9. The predicted molar refractivity (Wildman–Crippen MR) is 74.2 cm³/mol. The molecule has 5 heteroatoms. The van der Waals surface area contributed by atoms with E-state index >= 15 is 0 Å². The Morgan fingerprint density at radius 1 is 1.42 bits per heavy atom. The van der Waals surface area contributed by atoms with Gasteiger partial charge in [-0.3, -0.25) is 4.79 Å². The molecule has 2 N–H and O–H groups in total. The Labute approximate surface area is 117 Å². The lowest BCUT2D eigenvalue weighted by Crippen LogP contribution is -2.43. The molecule has 0 aliphatic carbocycles. The molecule has 2 unspecified atom stereocenters. The zero-order chi connectivity index (χ0) is 14.4. The smallest absolute Gasteiger partial charge is 0.326 e. The SMILES string of the molecule is CCC(NC(=O)C(C)Cc1cccc(Cl)c1)C(=O)O. The van der Waals surface area contributed by atoms with Gasteiger partial charge >= 0.3 is 5.97 Å². The number of carbonyl (C=O) groups excluding carboxylic acids is 1. The Morgan fingerprint density at radius 2 is 2.11 bits per heavy atom. The Hall–Kier alpha value is -1.55. The molecule has 104 valence electrons. The van der Waals surface area contributed by atoms with Crippen molar-refractivity contribution in [3.63, 3.8) is 0 Å². The molecule has 0 bridgehead atoms. The number of aliphatic carboxylic acids is 1. The van der Waals surface area contributed by atoms with Gasteiger partial charge in [0.05, 0.1) is 0 Å². The fourth-order valence-electron chi connectivity index (χ4n) is 1.76. The maximum atomic E-state index is 11.9. The molecule has 0 fully saturated rings. The summed E-state index contributed by atoms with van der Waals surface area (Å²) in [4.78, 5) is 22.8. The normalized spacial score (nSPS) is 13.6. The Kier molecular flexibility index (Phi) is 5.83. The van der Waals surface area contributed by atoms with Crippen molar-refractivity contribution in [1.29, 1.82) is 0 Å². The fraction of sp³-hybridized carbons (Fsp3) is 0.429. The van der Waals surface area contributed by atoms with E-state index in [1.54, 1.807) is 26.0 Å². The molecular formula is C14H18ClNO3. The van der Waals surface area contributed by atoms with Crippen molar-refractivity contribution in [1.82, 2.24) is 5.32 Å². The second-order valence-electron chi connectivity index (χ2n) is 4.54. The van der Waals surface area contributed by atoms with Crippen molar-refractivity contribution in [3.8, 4) is 0 Å². The molecule has 0 aliphatic heterocycles. The monoisotopic (exact) mass is 283 g/mol. The van der Waals surface area contributed by atoms with E-state index in [2.05, 4.69) is 5.32 Å². The summed E-state index contributed by atoms with van der Waals surface area (Å²) in [5, 5.41) is 12.1. The topological polar surface area (TPSA) is 66.4 Å². The molecule has 0 spiro atoms. The first-order chi connectivity index (χ1) is 8.93. The van der Waals surface area contributed by atoms with Gasteiger partial charge in [-0.05, 0) is 30.5 Å². The third kappa shape index (κ3) is 4.91. The number of hydrogen-bond acceptors (Lipinski definition) is 2. The van der Waals surface area contributed by atoms with E-state index in [1.165, 1.54) is 0 Å². The van der Waals surface area contributed by atoms with Crippen molar-refractivity contribution in [2.45, 2.75) is 32.7 Å². The molecule has 1 rings (SSSR count). The van der Waals surface area contributed by atoms with Gasteiger partial charge in [-0.1, -0.05) is 37.6 Å². The summed E-state index contributed by atoms with van der Waals surface area (Å²) in [6, 6.07) is 6.47. The number of amides is 1. The van der Waals surface area contributed by atoms with Crippen molar-refractivity contribution < 1.29 is 14.7 Å². The molecule has 0 saturated carbocycles. The van der Waals surface area contributed by atoms with Gasteiger partial charge in [-0.15, -0.1) is 0 Å². The van der Waals surface area contributed by atoms with Gasteiger partial charge in [-0.25, -0.2) is 4.79 Å². The van der Waals surface area contributed by atoms with Crippen molar-refractivity contribution in [2.75, 3.05) is 0 Å². The molecule has 19 heavy (non-hydrogen) atoms. The van der Waals surface area contributed by atoms with Crippen LogP contribution in [-0.2, 0) is 16.0 Å². The number of hydrogen-bond donors (Lipinski definition) is 2. The van der Waals surface area contributed by atoms with E-state index in [9.17, 15) is 9.59 Å². The van der Waals surface area contributed by atoms with E-state index in [-0.39, 0.29) is 11.8 Å². The minimum atomic E-state index is -1.01. The first-order valence-electron chi connectivity index (χ1n) is 6.21. The average Bonchev–Trinajstić information content (AvgIpc) is 2.35. The second-order valence-corrected chi connectivity index (χ2v) is 4.98. The van der Waals surface area contributed by atoms with Gasteiger partial charge in [0.15, 0.2) is 0 Å². The summed E-state index contributed by atoms with van der Waals surface area (Å²) in [5.74, 6) is -1.56. The van der Waals surface area contributed by atoms with Crippen LogP contribution in [0.25, 0.3) is 0 Å². The molecular weight excluding hydrogens is 266 g/mol. The number of carbonyl (C=O) groups is 2. The molecule has 1 aromatic rings. The largest absolute Gasteiger partial charge is 0.480 e. The van der Waals surface area contributed by atoms with Crippen LogP contribution in [0.4, 0.5) is 0 Å². The van der Waals surface area contributed by atoms with E-state index in [4.69, 9.17) is 16.7 Å². The van der Waals surface area contributed by atoms with Crippen molar-refractivity contribution in [2.24, 2.45) is 5.92 Å². The lowest BCUT2D eigenvalue weighted by Gasteiger charge is -2.16. The van der Waals surface area contributed by atoms with E-state index < -0.39 is 12.0 Å². The molecule has 4 nitrogen and oxygen atoms in total. The highest BCUT2D eigenvalue weighted by Gasteiger charge is 2.21. The van der Waals surface area contributed by atoms with Crippen LogP contribution in [0.5, 0.6) is 0 Å². The molecule has 0 aromatic heterocycles. The molecule has 0 heterocycles. The van der Waals surface area contributed by atoms with Crippen LogP contribution in [-0.4, -0.2) is 23.0 Å². The summed E-state index contributed by atoms with van der Waals surface area (Å²) in [5.41, 5.74) is 0.957. The molecule has 0 saturated heterocycles. The number of halogens is 1. The van der Waals surface area contributed by atoms with Crippen LogP contribution < -0.4 is 5.32 Å². The summed E-state index contributed by atoms with van der Waals surface area (Å²) in [7, 11) is 0. The molecule has 2 atom stereocenters. The minimum Gasteiger partial charge on any atom is -0.480 e. The van der Waals surface area contributed by atoms with E-state index in [1.807, 2.05) is 12.1 Å². The van der Waals surface area contributed by atoms with E-state index in [0.29, 0.717) is 17.9 Å². The minimum absolute atomic E-state index is 0.255. The summed E-state index contributed by atoms with van der Waals surface area (Å²) < 4.78 is 0. The fourth-order valence-corrected chi connectivity index (χ4v) is 1.98. The van der Waals surface area contributed by atoms with Crippen LogP contribution in [0, 0.1) is 5.92 Å². The number of rotatable bonds is 6. The number of carboxylic acid groups (broad SMARTS) is 1. The zero-order valence-electron chi connectivity index (χ0n) is 11.0. The lowest BCUT2D eigenvalue weighted by atomic mass is 10.00. The van der Waals surface area contributed by atoms with Gasteiger partial charge < -0.3 is 10.4 Å². The number of carboxylic acids is 1. The van der Waals surface area contributed by atoms with Gasteiger partial charge in [0.2, 0.25) is 5.91 Å². The Bertz CT molecular complexity index is 462. The highest BCUT2D eigenvalue weighted by molar-refractivity contribution is 6.30. The van der Waals surface area contributed by atoms with Gasteiger partial charge in [-0.2, -0.15) is 0 Å². The number of benzene rings is 1. The zero-order valence-corrected chi connectivity index (χ0v) is 11.8. The molecule has 1 aromatic carbocycles. The maximum Gasteiger partial charge on any atom is 0.326 e. The Balaban J connectivity index is 2.60. The van der Waals surface area contributed by atoms with Crippen LogP contribution >= 0.6 is 11.6 Å². The first-order valence-corrected chi connectivity index (χ1v) is 6.59. The van der Waals surface area contributed by atoms with Gasteiger partial charge in [0.1, 0.15) is 6.04 Å². The quantitative estimate of drug-likeness (QED) is 0.843. The third-order valence-electron chi connectivity index (χ3n) is 2.90. The predicted octanol–water partition coefficient (Wildman–Crippen LogP) is 2.50. The van der Waals surface area contributed by atoms with Gasteiger partial charge in [0, 0.05) is 10.9 Å². The lowest BCUT2D eigenvalue weighted by molar-refractivity contribution is -0.142. The highest BCUT2D eigenvalue weighted by Crippen LogP contribution is 2.14. The van der Waals surface area contributed by atoms with Crippen molar-refractivity contribution in [3.05, 3.63) is 34.9 Å². The summed E-state index contributed by atoms with van der Waals surface area (Å²) >= 11 is 5.88. The van der Waals surface area contributed by atoms with Crippen LogP contribution in [0.1, 0.15) is 25.8 Å². The van der Waals surface area contributed by atoms with Crippen LogP contribution in [0.15, 0.2) is 24.3 Å². The second kappa shape index (κ2) is 7.14.